The van der Waals surface area contributed by atoms with Crippen LogP contribution in [0.3, 0.4) is 0 Å². The molecule has 1 aliphatic heterocycles. The average molecular weight is 515 g/mol. The molecule has 5 nitrogen and oxygen atoms in total. The van der Waals surface area contributed by atoms with Gasteiger partial charge in [0.15, 0.2) is 5.69 Å². The number of nitrogens with zero attached hydrogens (tertiary/aromatic N) is 4. The number of nitriles is 1. The van der Waals surface area contributed by atoms with E-state index in [2.05, 4.69) is 76.7 Å². The molecule has 1 aliphatic rings. The Bertz CT molecular complexity index is 2270. The zero-order chi connectivity index (χ0) is 27.1. The first-order valence-corrected chi connectivity index (χ1v) is 13.3. The number of aromatic nitrogens is 1. The summed E-state index contributed by atoms with van der Waals surface area (Å²) in [4.78, 5) is 5.92. The van der Waals surface area contributed by atoms with Crippen molar-refractivity contribution in [3.8, 4) is 22.9 Å². The van der Waals surface area contributed by atoms with E-state index in [1.807, 2.05) is 48.5 Å². The fraction of sp³-hybridized carbons (Fsp3) is 0.0857. The van der Waals surface area contributed by atoms with Crippen molar-refractivity contribution in [2.45, 2.75) is 19.9 Å². The number of benzene rings is 5. The van der Waals surface area contributed by atoms with E-state index in [1.54, 1.807) is 0 Å². The minimum Gasteiger partial charge on any atom is -0.456 e. The summed E-state index contributed by atoms with van der Waals surface area (Å²) in [5.74, 6) is 0. The van der Waals surface area contributed by atoms with E-state index < -0.39 is 0 Å². The molecule has 0 radical (unpaired) electrons. The molecule has 0 spiro atoms. The second kappa shape index (κ2) is 7.99. The second-order valence-electron chi connectivity index (χ2n) is 10.6. The maximum atomic E-state index is 9.77. The molecule has 0 N–H and O–H groups in total. The summed E-state index contributed by atoms with van der Waals surface area (Å²) in [5, 5.41) is 14.3. The van der Waals surface area contributed by atoms with Gasteiger partial charge in [-0.25, -0.2) is 4.85 Å². The molecule has 5 aromatic carbocycles. The number of hydrogen-bond donors (Lipinski definition) is 0. The first-order valence-electron chi connectivity index (χ1n) is 13.3. The summed E-state index contributed by atoms with van der Waals surface area (Å²) in [6.45, 7) is 11.8. The van der Waals surface area contributed by atoms with Gasteiger partial charge in [-0.2, -0.15) is 5.26 Å². The molecule has 0 atom stereocenters. The molecule has 0 unspecified atom stereocenters. The Morgan fingerprint density at radius 1 is 0.775 bits per heavy atom. The SMILES string of the molecule is [C-]#[N+]c1ccc(-c2cc3c4c(c2)c2c5c(ccc2n4-c2ccc(C#N)cc2N3C(C)C)oc2ccccc25)cc1. The molecule has 2 aromatic heterocycles. The number of anilines is 2. The molecule has 7 aromatic rings. The molecule has 0 saturated heterocycles. The molecule has 188 valence electrons. The van der Waals surface area contributed by atoms with Gasteiger partial charge in [0.05, 0.1) is 46.3 Å². The van der Waals surface area contributed by atoms with Crippen LogP contribution in [0, 0.1) is 17.9 Å². The van der Waals surface area contributed by atoms with E-state index in [9.17, 15) is 5.26 Å². The second-order valence-corrected chi connectivity index (χ2v) is 10.6. The van der Waals surface area contributed by atoms with Crippen LogP contribution in [0.2, 0.25) is 0 Å². The Morgan fingerprint density at radius 2 is 1.60 bits per heavy atom. The Morgan fingerprint density at radius 3 is 2.38 bits per heavy atom. The fourth-order valence-corrected chi connectivity index (χ4v) is 6.42. The van der Waals surface area contributed by atoms with Crippen LogP contribution in [-0.2, 0) is 0 Å². The molecule has 40 heavy (non-hydrogen) atoms. The average Bonchev–Trinajstić information content (AvgIpc) is 3.53. The third kappa shape index (κ3) is 2.89. The highest BCUT2D eigenvalue weighted by Gasteiger charge is 2.31. The smallest absolute Gasteiger partial charge is 0.187 e. The fourth-order valence-electron chi connectivity index (χ4n) is 6.42. The van der Waals surface area contributed by atoms with Crippen LogP contribution in [0.4, 0.5) is 17.1 Å². The van der Waals surface area contributed by atoms with Crippen molar-refractivity contribution >= 4 is 60.8 Å². The third-order valence-electron chi connectivity index (χ3n) is 8.06. The van der Waals surface area contributed by atoms with Crippen molar-refractivity contribution in [3.05, 3.63) is 108 Å². The predicted molar refractivity (Wildman–Crippen MR) is 162 cm³/mol. The Balaban J connectivity index is 1.60. The molecule has 0 aliphatic carbocycles. The standard InChI is InChI=1S/C35H22N4O/c1-20(2)38-29-16-21(19-36)8-13-27(29)39-28-14-15-32-34(25-6-4-5-7-31(25)40-32)33(28)26-17-23(18-30(38)35(26)39)22-9-11-24(37-3)12-10-22/h4-18,20H,1-2H3. The number of furan rings is 1. The molecule has 0 saturated carbocycles. The van der Waals surface area contributed by atoms with E-state index in [4.69, 9.17) is 11.0 Å². The highest BCUT2D eigenvalue weighted by Crippen LogP contribution is 2.51. The van der Waals surface area contributed by atoms with Crippen molar-refractivity contribution in [1.82, 2.24) is 4.57 Å². The highest BCUT2D eigenvalue weighted by molar-refractivity contribution is 6.29. The minimum absolute atomic E-state index is 0.150. The molecule has 8 rings (SSSR count). The number of para-hydroxylation sites is 1. The number of rotatable bonds is 2. The van der Waals surface area contributed by atoms with Gasteiger partial charge in [0.1, 0.15) is 11.2 Å². The molecular formula is C35H22N4O. The molecular weight excluding hydrogens is 492 g/mol. The molecule has 0 fully saturated rings. The normalized spacial score (nSPS) is 12.4. The lowest BCUT2D eigenvalue weighted by Gasteiger charge is -2.36. The van der Waals surface area contributed by atoms with E-state index >= 15 is 0 Å². The van der Waals surface area contributed by atoms with Crippen LogP contribution in [0.5, 0.6) is 0 Å². The lowest BCUT2D eigenvalue weighted by Crippen LogP contribution is -2.29. The zero-order valence-corrected chi connectivity index (χ0v) is 21.9. The maximum Gasteiger partial charge on any atom is 0.187 e. The first kappa shape index (κ1) is 22.5. The summed E-state index contributed by atoms with van der Waals surface area (Å²) in [6.07, 6.45) is 0. The summed E-state index contributed by atoms with van der Waals surface area (Å²) >= 11 is 0. The van der Waals surface area contributed by atoms with Crippen LogP contribution in [-0.4, -0.2) is 10.6 Å². The Hall–Kier alpha value is -5.52. The summed E-state index contributed by atoms with van der Waals surface area (Å²) in [6, 6.07) is 33.2. The van der Waals surface area contributed by atoms with E-state index in [-0.39, 0.29) is 6.04 Å². The van der Waals surface area contributed by atoms with Crippen molar-refractivity contribution < 1.29 is 4.42 Å². The molecule has 3 heterocycles. The Kier molecular flexibility index (Phi) is 4.49. The van der Waals surface area contributed by atoms with Crippen molar-refractivity contribution in [2.75, 3.05) is 4.90 Å². The summed E-state index contributed by atoms with van der Waals surface area (Å²) in [7, 11) is 0. The third-order valence-corrected chi connectivity index (χ3v) is 8.06. The van der Waals surface area contributed by atoms with Crippen LogP contribution < -0.4 is 4.90 Å². The first-order chi connectivity index (χ1) is 19.6. The Labute approximate surface area is 230 Å². The van der Waals surface area contributed by atoms with Gasteiger partial charge in [-0.05, 0) is 73.5 Å². The van der Waals surface area contributed by atoms with Crippen LogP contribution in [0.15, 0.2) is 95.4 Å². The van der Waals surface area contributed by atoms with Crippen LogP contribution >= 0.6 is 0 Å². The molecule has 0 bridgehead atoms. The van der Waals surface area contributed by atoms with E-state index in [0.717, 1.165) is 71.9 Å². The molecule has 5 heteroatoms. The predicted octanol–water partition coefficient (Wildman–Crippen LogP) is 9.63. The van der Waals surface area contributed by atoms with Gasteiger partial charge >= 0.3 is 0 Å². The minimum atomic E-state index is 0.150. The van der Waals surface area contributed by atoms with Gasteiger partial charge in [0.2, 0.25) is 0 Å². The lowest BCUT2D eigenvalue weighted by molar-refractivity contribution is 0.669. The quantitative estimate of drug-likeness (QED) is 0.216. The zero-order valence-electron chi connectivity index (χ0n) is 21.9. The van der Waals surface area contributed by atoms with Crippen LogP contribution in [0.25, 0.3) is 65.4 Å². The topological polar surface area (TPSA) is 49.5 Å². The summed E-state index contributed by atoms with van der Waals surface area (Å²) < 4.78 is 8.66. The number of hydrogen-bond acceptors (Lipinski definition) is 3. The van der Waals surface area contributed by atoms with Gasteiger partial charge in [-0.3, -0.25) is 0 Å². The largest absolute Gasteiger partial charge is 0.456 e. The highest BCUT2D eigenvalue weighted by atomic mass is 16.3. The van der Waals surface area contributed by atoms with Gasteiger partial charge in [-0.15, -0.1) is 0 Å². The van der Waals surface area contributed by atoms with Gasteiger partial charge < -0.3 is 13.9 Å². The maximum absolute atomic E-state index is 9.77. The number of fused-ring (bicyclic) bond motifs is 9. The van der Waals surface area contributed by atoms with Gasteiger partial charge in [0, 0.05) is 27.6 Å². The van der Waals surface area contributed by atoms with E-state index in [1.165, 1.54) is 0 Å². The lowest BCUT2D eigenvalue weighted by atomic mass is 9.97. The molecule has 0 amide bonds. The van der Waals surface area contributed by atoms with Crippen molar-refractivity contribution in [3.63, 3.8) is 0 Å². The monoisotopic (exact) mass is 514 g/mol. The van der Waals surface area contributed by atoms with Crippen LogP contribution in [0.1, 0.15) is 19.4 Å². The van der Waals surface area contributed by atoms with E-state index in [0.29, 0.717) is 11.3 Å². The van der Waals surface area contributed by atoms with Gasteiger partial charge in [-0.1, -0.05) is 42.5 Å². The van der Waals surface area contributed by atoms with Crippen molar-refractivity contribution in [2.24, 2.45) is 0 Å². The summed E-state index contributed by atoms with van der Waals surface area (Å²) in [5.41, 5.74) is 10.5. The van der Waals surface area contributed by atoms with Gasteiger partial charge in [0.25, 0.3) is 0 Å². The van der Waals surface area contributed by atoms with Crippen molar-refractivity contribution in [1.29, 1.82) is 5.26 Å².